The number of rotatable bonds is 3. The predicted molar refractivity (Wildman–Crippen MR) is 45.0 cm³/mol. The highest BCUT2D eigenvalue weighted by Crippen LogP contribution is 2.14. The molecule has 1 rings (SSSR count). The van der Waals surface area contributed by atoms with Crippen molar-refractivity contribution in [3.63, 3.8) is 0 Å². The minimum absolute atomic E-state index is 0.153. The normalized spacial score (nSPS) is 22.4. The Labute approximate surface area is 77.2 Å². The lowest BCUT2D eigenvalue weighted by molar-refractivity contribution is -0.186. The molecule has 0 aromatic rings. The highest BCUT2D eigenvalue weighted by atomic mass is 16.7. The number of carbonyl (C=O) groups excluding carboxylic acids is 2. The van der Waals surface area contributed by atoms with Gasteiger partial charge in [-0.2, -0.15) is 0 Å². The Morgan fingerprint density at radius 1 is 1.46 bits per heavy atom. The summed E-state index contributed by atoms with van der Waals surface area (Å²) in [6.45, 7) is 2.00. The van der Waals surface area contributed by atoms with Crippen molar-refractivity contribution in [1.82, 2.24) is 0 Å². The number of Topliss-reactive ketones (excluding diaryl/α,β-unsaturated/α-hetero) is 1. The van der Waals surface area contributed by atoms with E-state index in [-0.39, 0.29) is 12.2 Å². The highest BCUT2D eigenvalue weighted by Gasteiger charge is 2.18. The number of ether oxygens (including phenoxy) is 2. The topological polar surface area (TPSA) is 52.6 Å². The summed E-state index contributed by atoms with van der Waals surface area (Å²) >= 11 is 0. The molecule has 13 heavy (non-hydrogen) atoms. The lowest BCUT2D eigenvalue weighted by atomic mass is 10.2. The molecule has 0 bridgehead atoms. The minimum atomic E-state index is -0.487. The molecule has 0 aromatic heterocycles. The summed E-state index contributed by atoms with van der Waals surface area (Å²) in [5.74, 6) is -0.666. The molecule has 1 fully saturated rings. The zero-order chi connectivity index (χ0) is 9.68. The van der Waals surface area contributed by atoms with Gasteiger partial charge in [0.15, 0.2) is 0 Å². The number of esters is 1. The van der Waals surface area contributed by atoms with Gasteiger partial charge in [0, 0.05) is 6.42 Å². The first kappa shape index (κ1) is 10.2. The van der Waals surface area contributed by atoms with Gasteiger partial charge in [0.2, 0.25) is 6.29 Å². The van der Waals surface area contributed by atoms with Gasteiger partial charge in [-0.25, -0.2) is 0 Å². The molecule has 4 nitrogen and oxygen atoms in total. The Morgan fingerprint density at radius 2 is 2.23 bits per heavy atom. The number of hydrogen-bond donors (Lipinski definition) is 0. The Balaban J connectivity index is 2.22. The van der Waals surface area contributed by atoms with E-state index in [1.54, 1.807) is 0 Å². The van der Waals surface area contributed by atoms with E-state index in [0.717, 1.165) is 19.3 Å². The van der Waals surface area contributed by atoms with Gasteiger partial charge in [0.1, 0.15) is 12.2 Å². The smallest absolute Gasteiger partial charge is 0.315 e. The maximum atomic E-state index is 11.0. The van der Waals surface area contributed by atoms with Crippen LogP contribution in [0.4, 0.5) is 0 Å². The van der Waals surface area contributed by atoms with Crippen LogP contribution in [-0.2, 0) is 19.1 Å². The molecule has 1 atom stereocenters. The molecule has 74 valence electrons. The highest BCUT2D eigenvalue weighted by molar-refractivity contribution is 5.94. The summed E-state index contributed by atoms with van der Waals surface area (Å²) in [6, 6.07) is 0. The molecule has 0 aromatic carbocycles. The second-order valence-electron chi connectivity index (χ2n) is 3.16. The van der Waals surface area contributed by atoms with Gasteiger partial charge in [0.25, 0.3) is 0 Å². The van der Waals surface area contributed by atoms with Crippen LogP contribution in [0.15, 0.2) is 0 Å². The Morgan fingerprint density at radius 3 is 2.77 bits per heavy atom. The van der Waals surface area contributed by atoms with Gasteiger partial charge >= 0.3 is 5.97 Å². The van der Waals surface area contributed by atoms with Gasteiger partial charge in [-0.15, -0.1) is 0 Å². The fourth-order valence-electron chi connectivity index (χ4n) is 1.20. The summed E-state index contributed by atoms with van der Waals surface area (Å²) < 4.78 is 10.1. The third-order valence-corrected chi connectivity index (χ3v) is 1.79. The molecule has 1 aliphatic heterocycles. The fraction of sp³-hybridized carbons (Fsp3) is 0.778. The van der Waals surface area contributed by atoms with Crippen LogP contribution in [0.5, 0.6) is 0 Å². The molecular formula is C9H14O4. The monoisotopic (exact) mass is 186 g/mol. The van der Waals surface area contributed by atoms with Gasteiger partial charge in [-0.3, -0.25) is 9.59 Å². The molecule has 1 heterocycles. The van der Waals surface area contributed by atoms with E-state index in [1.807, 2.05) is 0 Å². The average Bonchev–Trinajstić information content (AvgIpc) is 2.04. The summed E-state index contributed by atoms with van der Waals surface area (Å²) in [6.07, 6.45) is 2.18. The van der Waals surface area contributed by atoms with Gasteiger partial charge in [0.05, 0.1) is 6.61 Å². The summed E-state index contributed by atoms with van der Waals surface area (Å²) in [4.78, 5) is 21.6. The van der Waals surface area contributed by atoms with Crippen LogP contribution in [0.2, 0.25) is 0 Å². The first-order chi connectivity index (χ1) is 6.18. The lowest BCUT2D eigenvalue weighted by Gasteiger charge is -2.22. The zero-order valence-electron chi connectivity index (χ0n) is 7.75. The van der Waals surface area contributed by atoms with Gasteiger partial charge in [-0.05, 0) is 19.8 Å². The standard InChI is InChI=1S/C9H14O4/c1-7(10)6-8(11)13-9-4-2-3-5-12-9/h9H,2-6H2,1H3. The van der Waals surface area contributed by atoms with E-state index < -0.39 is 12.3 Å². The predicted octanol–water partition coefficient (Wildman–Crippen LogP) is 1.04. The largest absolute Gasteiger partial charge is 0.435 e. The molecule has 1 unspecified atom stereocenters. The molecule has 0 aliphatic carbocycles. The molecule has 0 N–H and O–H groups in total. The molecule has 0 saturated carbocycles. The molecule has 4 heteroatoms. The van der Waals surface area contributed by atoms with Crippen LogP contribution in [0.25, 0.3) is 0 Å². The number of ketones is 1. The zero-order valence-corrected chi connectivity index (χ0v) is 7.75. The van der Waals surface area contributed by atoms with Crippen LogP contribution >= 0.6 is 0 Å². The van der Waals surface area contributed by atoms with Crippen molar-refractivity contribution in [3.8, 4) is 0 Å². The van der Waals surface area contributed by atoms with E-state index in [2.05, 4.69) is 0 Å². The SMILES string of the molecule is CC(=O)CC(=O)OC1CCCCO1. The van der Waals surface area contributed by atoms with Crippen molar-refractivity contribution in [1.29, 1.82) is 0 Å². The quantitative estimate of drug-likeness (QED) is 0.488. The van der Waals surface area contributed by atoms with E-state index in [4.69, 9.17) is 9.47 Å². The van der Waals surface area contributed by atoms with Crippen molar-refractivity contribution in [2.24, 2.45) is 0 Å². The molecular weight excluding hydrogens is 172 g/mol. The maximum Gasteiger partial charge on any atom is 0.315 e. The van der Waals surface area contributed by atoms with Gasteiger partial charge < -0.3 is 9.47 Å². The molecule has 0 spiro atoms. The van der Waals surface area contributed by atoms with Crippen LogP contribution in [-0.4, -0.2) is 24.6 Å². The van der Waals surface area contributed by atoms with E-state index in [1.165, 1.54) is 6.92 Å². The molecule has 0 radical (unpaired) electrons. The molecule has 0 amide bonds. The summed E-state index contributed by atoms with van der Waals surface area (Å²) in [5, 5.41) is 0. The van der Waals surface area contributed by atoms with Crippen molar-refractivity contribution in [2.45, 2.75) is 38.9 Å². The average molecular weight is 186 g/mol. The third kappa shape index (κ3) is 4.03. The first-order valence-corrected chi connectivity index (χ1v) is 4.49. The van der Waals surface area contributed by atoms with E-state index in [9.17, 15) is 9.59 Å². The third-order valence-electron chi connectivity index (χ3n) is 1.79. The minimum Gasteiger partial charge on any atom is -0.435 e. The van der Waals surface area contributed by atoms with Crippen LogP contribution < -0.4 is 0 Å². The Kier molecular flexibility index (Phi) is 3.89. The van der Waals surface area contributed by atoms with Crippen molar-refractivity contribution in [3.05, 3.63) is 0 Å². The van der Waals surface area contributed by atoms with Crippen LogP contribution in [0.3, 0.4) is 0 Å². The second kappa shape index (κ2) is 4.97. The fourth-order valence-corrected chi connectivity index (χ4v) is 1.20. The second-order valence-corrected chi connectivity index (χ2v) is 3.16. The first-order valence-electron chi connectivity index (χ1n) is 4.49. The Hall–Kier alpha value is -0.900. The van der Waals surface area contributed by atoms with Crippen LogP contribution in [0, 0.1) is 0 Å². The summed E-state index contributed by atoms with van der Waals surface area (Å²) in [7, 11) is 0. The van der Waals surface area contributed by atoms with E-state index >= 15 is 0 Å². The maximum absolute atomic E-state index is 11.0. The van der Waals surface area contributed by atoms with E-state index in [0.29, 0.717) is 6.61 Å². The van der Waals surface area contributed by atoms with Crippen molar-refractivity contribution in [2.75, 3.05) is 6.61 Å². The number of carbonyl (C=O) groups is 2. The van der Waals surface area contributed by atoms with Gasteiger partial charge in [-0.1, -0.05) is 0 Å². The summed E-state index contributed by atoms with van der Waals surface area (Å²) in [5.41, 5.74) is 0. The number of hydrogen-bond acceptors (Lipinski definition) is 4. The Bertz CT molecular complexity index is 194. The van der Waals surface area contributed by atoms with Crippen LogP contribution in [0.1, 0.15) is 32.6 Å². The molecule has 1 aliphatic rings. The van der Waals surface area contributed by atoms with Crippen molar-refractivity contribution < 1.29 is 19.1 Å². The van der Waals surface area contributed by atoms with Crippen molar-refractivity contribution >= 4 is 11.8 Å². The molecule has 1 saturated heterocycles. The lowest BCUT2D eigenvalue weighted by Crippen LogP contribution is -2.26.